The lowest BCUT2D eigenvalue weighted by Gasteiger charge is -2.10. The second kappa shape index (κ2) is 56.4. The molecule has 144 heavy (non-hydrogen) atoms. The lowest BCUT2D eigenvalue weighted by Crippen LogP contribution is -1.98. The molecule has 2 N–H and O–H groups in total. The van der Waals surface area contributed by atoms with Crippen LogP contribution in [0.5, 0.6) is 0 Å². The van der Waals surface area contributed by atoms with Crippen LogP contribution in [0.3, 0.4) is 0 Å². The van der Waals surface area contributed by atoms with Crippen LogP contribution < -0.4 is 0 Å². The topological polar surface area (TPSA) is 77.1 Å². The van der Waals surface area contributed by atoms with Crippen molar-refractivity contribution in [2.24, 2.45) is 0 Å². The number of rotatable bonds is 64. The highest BCUT2D eigenvalue weighted by atomic mass is 127. The van der Waals surface area contributed by atoms with Crippen LogP contribution in [-0.4, -0.2) is 38.2 Å². The van der Waals surface area contributed by atoms with Gasteiger partial charge in [-0.2, -0.15) is 0 Å². The van der Waals surface area contributed by atoms with Crippen molar-refractivity contribution in [2.45, 2.75) is 413 Å². The van der Waals surface area contributed by atoms with Gasteiger partial charge in [-0.1, -0.05) is 386 Å². The van der Waals surface area contributed by atoms with Crippen molar-refractivity contribution in [1.82, 2.24) is 38.2 Å². The number of nitrogens with zero attached hydrogens (tertiary/aromatic N) is 6. The Bertz CT molecular complexity index is 6140. The average Bonchev–Trinajstić information content (AvgIpc) is 1.49. The maximum Gasteiger partial charge on any atom is 0.0737 e. The molecule has 0 radical (unpaired) electrons. The molecule has 0 aliphatic carbocycles. The first-order valence-electron chi connectivity index (χ1n) is 58.1. The summed E-state index contributed by atoms with van der Waals surface area (Å²) in [5.74, 6) is 0. The van der Waals surface area contributed by atoms with E-state index in [1.165, 1.54) is 435 Å². The number of nitrogens with one attached hydrogen (secondary N) is 2. The van der Waals surface area contributed by atoms with E-state index < -0.39 is 0 Å². The van der Waals surface area contributed by atoms with Crippen molar-refractivity contribution in [3.05, 3.63) is 207 Å². The van der Waals surface area contributed by atoms with Crippen LogP contribution in [0.15, 0.2) is 170 Å². The molecule has 0 atom stereocenters. The van der Waals surface area contributed by atoms with Gasteiger partial charge in [-0.3, -0.25) is 0 Å². The Kier molecular flexibility index (Phi) is 42.2. The quantitative estimate of drug-likeness (QED) is 0.0294. The van der Waals surface area contributed by atoms with Crippen LogP contribution in [0.1, 0.15) is 410 Å². The third-order valence-corrected chi connectivity index (χ3v) is 34.8. The molecule has 0 amide bonds. The third-order valence-electron chi connectivity index (χ3n) is 32.2. The maximum atomic E-state index is 6.12. The minimum absolute atomic E-state index is 0.923. The molecule has 8 nitrogen and oxygen atoms in total. The van der Waals surface area contributed by atoms with Gasteiger partial charge in [0.05, 0.1) is 22.8 Å². The molecular formula is C132H166I4N8. The molecule has 0 saturated carbocycles. The molecule has 8 aromatic carbocycles. The summed E-state index contributed by atoms with van der Waals surface area (Å²) in [4.78, 5) is 20.8. The van der Waals surface area contributed by atoms with Gasteiger partial charge in [0.2, 0.25) is 0 Å². The SMILES string of the molecule is CCCCCCCCCCCCCCCCn1c2ccc(I)cc2c2cc(-c3c4nc(c(-c5ccc6c(c5)c5cc(I)ccc5n6CCCCCCCCCCCCCCCC)c5ccc([nH]5)c(-c5ccc6c(c5)c5cc(I)ccc5n6CCCCCCCCCCCCCCCC)c5nc(c(-c6ccc7c(c6)c6cc(I)ccc6n7CCCCCCCCCCCCCCCC)c6ccc3[nH]6)C=C5)C=C4)ccc21. The largest absolute Gasteiger partial charge is 0.354 e. The zero-order chi connectivity index (χ0) is 99.0. The number of halogens is 4. The Morgan fingerprint density at radius 1 is 0.181 bits per heavy atom. The zero-order valence-corrected chi connectivity index (χ0v) is 96.7. The number of aromatic nitrogens is 8. The Balaban J connectivity index is 0.780. The zero-order valence-electron chi connectivity index (χ0n) is 88.1. The van der Waals surface area contributed by atoms with Gasteiger partial charge in [0.15, 0.2) is 0 Å². The highest BCUT2D eigenvalue weighted by Crippen LogP contribution is 2.46. The molecule has 0 saturated heterocycles. The van der Waals surface area contributed by atoms with E-state index in [0.29, 0.717) is 0 Å². The van der Waals surface area contributed by atoms with Crippen molar-refractivity contribution < 1.29 is 0 Å². The van der Waals surface area contributed by atoms with E-state index in [-0.39, 0.29) is 0 Å². The highest BCUT2D eigenvalue weighted by Gasteiger charge is 2.26. The Morgan fingerprint density at radius 2 is 0.333 bits per heavy atom. The first-order valence-corrected chi connectivity index (χ1v) is 62.4. The van der Waals surface area contributed by atoms with Gasteiger partial charge in [-0.15, -0.1) is 0 Å². The fourth-order valence-electron chi connectivity index (χ4n) is 24.2. The molecule has 762 valence electrons. The summed E-state index contributed by atoms with van der Waals surface area (Å²) in [5.41, 5.74) is 26.9. The second-order valence-corrected chi connectivity index (χ2v) is 48.1. The van der Waals surface area contributed by atoms with Gasteiger partial charge in [0.25, 0.3) is 0 Å². The van der Waals surface area contributed by atoms with E-state index in [2.05, 4.69) is 340 Å². The summed E-state index contributed by atoms with van der Waals surface area (Å²) in [7, 11) is 0. The molecule has 0 fully saturated rings. The summed E-state index contributed by atoms with van der Waals surface area (Å²) >= 11 is 10.2. The van der Waals surface area contributed by atoms with Crippen LogP contribution in [0.25, 0.3) is 178 Å². The fraction of sp³-hybridized carbons (Fsp3) is 0.485. The number of unbranched alkanes of at least 4 members (excludes halogenated alkanes) is 52. The van der Waals surface area contributed by atoms with Crippen LogP contribution >= 0.6 is 90.4 Å². The van der Waals surface area contributed by atoms with Crippen molar-refractivity contribution in [3.8, 4) is 44.5 Å². The first-order chi connectivity index (χ1) is 71.0. The van der Waals surface area contributed by atoms with Gasteiger partial charge in [-0.05, 0) is 308 Å². The van der Waals surface area contributed by atoms with E-state index in [1.807, 2.05) is 0 Å². The van der Waals surface area contributed by atoms with Crippen LogP contribution in [0.2, 0.25) is 0 Å². The number of benzene rings is 8. The monoisotopic (exact) mass is 2370 g/mol. The van der Waals surface area contributed by atoms with Crippen molar-refractivity contribution in [2.75, 3.05) is 0 Å². The number of aryl methyl sites for hydroxylation is 4. The Morgan fingerprint density at radius 3 is 0.507 bits per heavy atom. The molecule has 15 aromatic rings. The number of fused-ring (bicyclic) bond motifs is 20. The molecule has 8 bridgehead atoms. The summed E-state index contributed by atoms with van der Waals surface area (Å²) in [5, 5.41) is 10.3. The molecule has 0 unspecified atom stereocenters. The van der Waals surface area contributed by atoms with Gasteiger partial charge in [0, 0.05) is 172 Å². The fourth-order valence-corrected chi connectivity index (χ4v) is 26.1. The first kappa shape index (κ1) is 108. The third kappa shape index (κ3) is 28.0. The molecular weight excluding hydrogens is 2210 g/mol. The molecule has 2 aliphatic heterocycles. The van der Waals surface area contributed by atoms with Gasteiger partial charge in [0.1, 0.15) is 0 Å². The van der Waals surface area contributed by atoms with Crippen LogP contribution in [-0.2, 0) is 26.2 Å². The van der Waals surface area contributed by atoms with E-state index >= 15 is 0 Å². The minimum Gasteiger partial charge on any atom is -0.354 e. The van der Waals surface area contributed by atoms with E-state index in [1.54, 1.807) is 0 Å². The molecule has 12 heteroatoms. The summed E-state index contributed by atoms with van der Waals surface area (Å²) < 4.78 is 15.6. The Labute approximate surface area is 918 Å². The molecule has 17 rings (SSSR count). The number of hydrogen-bond donors (Lipinski definition) is 2. The number of hydrogen-bond acceptors (Lipinski definition) is 2. The van der Waals surface area contributed by atoms with Crippen LogP contribution in [0.4, 0.5) is 0 Å². The lowest BCUT2D eigenvalue weighted by atomic mass is 10.0. The molecule has 2 aliphatic rings. The summed E-state index contributed by atoms with van der Waals surface area (Å²) in [6, 6.07) is 67.4. The van der Waals surface area contributed by atoms with Crippen molar-refractivity contribution in [1.29, 1.82) is 0 Å². The van der Waals surface area contributed by atoms with Crippen LogP contribution in [0, 0.1) is 14.3 Å². The maximum absolute atomic E-state index is 6.12. The lowest BCUT2D eigenvalue weighted by molar-refractivity contribution is 0.528. The highest BCUT2D eigenvalue weighted by molar-refractivity contribution is 14.1. The standard InChI is InChI=1S/C132H166I4N8/c1-5-9-13-17-21-25-29-33-37-41-45-49-53-57-85-141-121-77-61-97(89-105(121)109-93-101(133)65-81-125(109)141)129-113-69-71-115(137-113)130(98-62-78-122-106(90-98)110-94-102(134)66-82-126(110)142(122)86-58-54-50-46-42-38-34-30-26-22-18-14-10-6-2)117-73-75-119(139-117)132(100-64-80-124-108(92-100)112-96-104(136)68-84-128(112)144(124)88-60-56-52-48-44-40-36-32-28-24-20-16-12-8-4)120-76-74-118(140-120)131(116-72-70-114(129)138-116)99-63-79-123-107(91-99)111-95-103(135)67-83-127(111)143(123)87-59-55-51-47-43-39-35-31-27-23-19-15-11-7-3/h61-84,89-96,137,140H,5-60,85-88H2,1-4H3. The minimum atomic E-state index is 0.923. The second-order valence-electron chi connectivity index (χ2n) is 43.1. The normalized spacial score (nSPS) is 12.4. The molecule has 7 aromatic heterocycles. The summed E-state index contributed by atoms with van der Waals surface area (Å²) in [6.45, 7) is 13.2. The number of aromatic amines is 2. The van der Waals surface area contributed by atoms with E-state index in [9.17, 15) is 0 Å². The smallest absolute Gasteiger partial charge is 0.0737 e. The van der Waals surface area contributed by atoms with E-state index in [0.717, 1.165) is 141 Å². The molecule has 0 spiro atoms. The van der Waals surface area contributed by atoms with E-state index in [4.69, 9.17) is 9.97 Å². The Hall–Kier alpha value is -7.52. The number of H-pyrrole nitrogens is 2. The predicted molar refractivity (Wildman–Crippen MR) is 665 cm³/mol. The molecule has 9 heterocycles. The van der Waals surface area contributed by atoms with Crippen molar-refractivity contribution >= 4 is 224 Å². The van der Waals surface area contributed by atoms with Gasteiger partial charge >= 0.3 is 0 Å². The summed E-state index contributed by atoms with van der Waals surface area (Å²) in [6.07, 6.45) is 85.0. The van der Waals surface area contributed by atoms with Gasteiger partial charge in [-0.25, -0.2) is 9.97 Å². The van der Waals surface area contributed by atoms with Gasteiger partial charge < -0.3 is 28.2 Å². The predicted octanol–water partition coefficient (Wildman–Crippen LogP) is 44.1. The van der Waals surface area contributed by atoms with Crippen molar-refractivity contribution in [3.63, 3.8) is 0 Å². The average molecular weight is 2370 g/mol.